The fourth-order valence-electron chi connectivity index (χ4n) is 5.94. The summed E-state index contributed by atoms with van der Waals surface area (Å²) < 4.78 is 21.2. The van der Waals surface area contributed by atoms with E-state index in [2.05, 4.69) is 50.2 Å². The van der Waals surface area contributed by atoms with Crippen LogP contribution in [-0.2, 0) is 17.6 Å². The average molecular weight is 471 g/mol. The van der Waals surface area contributed by atoms with E-state index in [-0.39, 0.29) is 23.5 Å². The Labute approximate surface area is 208 Å². The molecule has 3 aromatic rings. The van der Waals surface area contributed by atoms with Crippen LogP contribution < -0.4 is 4.74 Å². The molecule has 0 spiro atoms. The third kappa shape index (κ3) is 4.91. The monoisotopic (exact) mass is 470 g/mol. The van der Waals surface area contributed by atoms with Crippen molar-refractivity contribution in [2.24, 2.45) is 5.92 Å². The highest BCUT2D eigenvalue weighted by Crippen LogP contribution is 2.43. The Hall–Kier alpha value is -2.94. The minimum Gasteiger partial charge on any atom is -0.423 e. The average Bonchev–Trinajstić information content (AvgIpc) is 2.90. The van der Waals surface area contributed by atoms with Gasteiger partial charge in [-0.1, -0.05) is 87.4 Å². The standard InChI is InChI=1S/C32H35FO2/c1-3-5-22-8-12-25(13-9-22)28-19-18-27-20-29(32(34)35-31(27)30(28)33)26-16-14-24(15-17-26)23-10-6-21(4-2)7-11-23/h6-7,10-11,14-19,22,25,29H,3-5,8-9,12-13,20H2,1-2H3. The summed E-state index contributed by atoms with van der Waals surface area (Å²) in [5, 5.41) is 0. The highest BCUT2D eigenvalue weighted by molar-refractivity contribution is 5.83. The van der Waals surface area contributed by atoms with Crippen LogP contribution in [0.25, 0.3) is 11.1 Å². The maximum absolute atomic E-state index is 15.5. The second kappa shape index (κ2) is 10.4. The van der Waals surface area contributed by atoms with Crippen molar-refractivity contribution in [1.82, 2.24) is 0 Å². The van der Waals surface area contributed by atoms with Gasteiger partial charge in [-0.3, -0.25) is 4.79 Å². The van der Waals surface area contributed by atoms with Gasteiger partial charge in [-0.15, -0.1) is 0 Å². The molecule has 1 fully saturated rings. The molecule has 0 N–H and O–H groups in total. The maximum atomic E-state index is 15.5. The van der Waals surface area contributed by atoms with Crippen LogP contribution in [0.15, 0.2) is 60.7 Å². The summed E-state index contributed by atoms with van der Waals surface area (Å²) in [5.41, 5.74) is 6.01. The molecular weight excluding hydrogens is 435 g/mol. The zero-order chi connectivity index (χ0) is 24.4. The summed E-state index contributed by atoms with van der Waals surface area (Å²) in [6.07, 6.45) is 8.34. The minimum atomic E-state index is -0.409. The molecule has 3 aromatic carbocycles. The number of halogens is 1. The zero-order valence-corrected chi connectivity index (χ0v) is 20.9. The van der Waals surface area contributed by atoms with E-state index in [9.17, 15) is 4.79 Å². The normalized spacial score (nSPS) is 21.9. The Bertz CT molecular complexity index is 1170. The van der Waals surface area contributed by atoms with Gasteiger partial charge in [0, 0.05) is 0 Å². The van der Waals surface area contributed by atoms with Crippen molar-refractivity contribution < 1.29 is 13.9 Å². The number of hydrogen-bond acceptors (Lipinski definition) is 2. The lowest BCUT2D eigenvalue weighted by molar-refractivity contribution is -0.137. The lowest BCUT2D eigenvalue weighted by Crippen LogP contribution is -2.27. The first-order valence-electron chi connectivity index (χ1n) is 13.3. The van der Waals surface area contributed by atoms with E-state index >= 15 is 4.39 Å². The second-order valence-electron chi connectivity index (χ2n) is 10.3. The van der Waals surface area contributed by atoms with Gasteiger partial charge in [0.2, 0.25) is 0 Å². The minimum absolute atomic E-state index is 0.159. The first kappa shape index (κ1) is 23.8. The number of benzene rings is 3. The van der Waals surface area contributed by atoms with Crippen molar-refractivity contribution in [1.29, 1.82) is 0 Å². The van der Waals surface area contributed by atoms with Crippen LogP contribution in [0.1, 0.15) is 86.5 Å². The fraction of sp³-hybridized carbons (Fsp3) is 0.406. The van der Waals surface area contributed by atoms with Crippen molar-refractivity contribution in [3.05, 3.63) is 88.7 Å². The molecule has 3 heteroatoms. The van der Waals surface area contributed by atoms with Gasteiger partial charge < -0.3 is 4.74 Å². The number of carbonyl (C=O) groups is 1. The van der Waals surface area contributed by atoms with Gasteiger partial charge >= 0.3 is 5.97 Å². The number of rotatable bonds is 6. The summed E-state index contributed by atoms with van der Waals surface area (Å²) in [7, 11) is 0. The number of aryl methyl sites for hydroxylation is 1. The lowest BCUT2D eigenvalue weighted by Gasteiger charge is -2.30. The Morgan fingerprint density at radius 2 is 1.51 bits per heavy atom. The molecule has 0 saturated heterocycles. The molecule has 0 aromatic heterocycles. The Morgan fingerprint density at radius 1 is 0.857 bits per heavy atom. The van der Waals surface area contributed by atoms with Crippen LogP contribution >= 0.6 is 0 Å². The topological polar surface area (TPSA) is 26.3 Å². The van der Waals surface area contributed by atoms with E-state index < -0.39 is 5.92 Å². The third-order valence-electron chi connectivity index (χ3n) is 8.11. The second-order valence-corrected chi connectivity index (χ2v) is 10.3. The largest absolute Gasteiger partial charge is 0.423 e. The molecule has 0 amide bonds. The van der Waals surface area contributed by atoms with Crippen molar-refractivity contribution >= 4 is 5.97 Å². The Morgan fingerprint density at radius 3 is 2.14 bits per heavy atom. The van der Waals surface area contributed by atoms with Crippen LogP contribution in [0, 0.1) is 11.7 Å². The van der Waals surface area contributed by atoms with Crippen LogP contribution in [0.3, 0.4) is 0 Å². The van der Waals surface area contributed by atoms with Gasteiger partial charge in [0.25, 0.3) is 0 Å². The molecule has 182 valence electrons. The molecule has 0 radical (unpaired) electrons. The maximum Gasteiger partial charge on any atom is 0.319 e. The first-order chi connectivity index (χ1) is 17.1. The van der Waals surface area contributed by atoms with Gasteiger partial charge in [-0.05, 0) is 83.7 Å². The molecule has 35 heavy (non-hydrogen) atoms. The number of carbonyl (C=O) groups excluding carboxylic acids is 1. The highest BCUT2D eigenvalue weighted by atomic mass is 19.1. The Balaban J connectivity index is 1.32. The van der Waals surface area contributed by atoms with Crippen LogP contribution in [-0.4, -0.2) is 5.97 Å². The van der Waals surface area contributed by atoms with E-state index in [1.54, 1.807) is 0 Å². The van der Waals surface area contributed by atoms with Gasteiger partial charge in [-0.2, -0.15) is 0 Å². The van der Waals surface area contributed by atoms with Crippen LogP contribution in [0.2, 0.25) is 0 Å². The molecule has 1 unspecified atom stereocenters. The molecule has 1 atom stereocenters. The summed E-state index contributed by atoms with van der Waals surface area (Å²) in [5.74, 6) is 0.0709. The molecule has 1 saturated carbocycles. The number of hydrogen-bond donors (Lipinski definition) is 0. The number of fused-ring (bicyclic) bond motifs is 1. The van der Waals surface area contributed by atoms with Crippen molar-refractivity contribution in [3.63, 3.8) is 0 Å². The molecule has 1 heterocycles. The smallest absolute Gasteiger partial charge is 0.319 e. The van der Waals surface area contributed by atoms with E-state index in [1.807, 2.05) is 24.3 Å². The zero-order valence-electron chi connectivity index (χ0n) is 20.9. The van der Waals surface area contributed by atoms with Crippen molar-refractivity contribution in [2.75, 3.05) is 0 Å². The lowest BCUT2D eigenvalue weighted by atomic mass is 9.76. The molecule has 2 nitrogen and oxygen atoms in total. The summed E-state index contributed by atoms with van der Waals surface area (Å²) in [6, 6.07) is 20.6. The number of esters is 1. The molecule has 1 aliphatic heterocycles. The predicted molar refractivity (Wildman–Crippen MR) is 139 cm³/mol. The molecule has 2 aliphatic rings. The fourth-order valence-corrected chi connectivity index (χ4v) is 5.94. The van der Waals surface area contributed by atoms with Crippen molar-refractivity contribution in [2.45, 2.75) is 77.0 Å². The van der Waals surface area contributed by atoms with Crippen molar-refractivity contribution in [3.8, 4) is 16.9 Å². The van der Waals surface area contributed by atoms with Gasteiger partial charge in [0.05, 0.1) is 5.92 Å². The third-order valence-corrected chi connectivity index (χ3v) is 8.11. The quantitative estimate of drug-likeness (QED) is 0.267. The van der Waals surface area contributed by atoms with Gasteiger partial charge in [0.1, 0.15) is 0 Å². The van der Waals surface area contributed by atoms with Crippen LogP contribution in [0.5, 0.6) is 5.75 Å². The van der Waals surface area contributed by atoms with E-state index in [0.717, 1.165) is 65.8 Å². The molecule has 5 rings (SSSR count). The summed E-state index contributed by atoms with van der Waals surface area (Å²) in [4.78, 5) is 12.9. The van der Waals surface area contributed by atoms with Crippen LogP contribution in [0.4, 0.5) is 4.39 Å². The van der Waals surface area contributed by atoms with E-state index in [0.29, 0.717) is 6.42 Å². The van der Waals surface area contributed by atoms with E-state index in [4.69, 9.17) is 4.74 Å². The van der Waals surface area contributed by atoms with E-state index in [1.165, 1.54) is 18.4 Å². The highest BCUT2D eigenvalue weighted by Gasteiger charge is 2.34. The molecular formula is C32H35FO2. The van der Waals surface area contributed by atoms with Gasteiger partial charge in [0.15, 0.2) is 11.6 Å². The predicted octanol–water partition coefficient (Wildman–Crippen LogP) is 8.37. The molecule has 1 aliphatic carbocycles. The Kier molecular flexibility index (Phi) is 7.04. The van der Waals surface area contributed by atoms with Gasteiger partial charge in [-0.25, -0.2) is 4.39 Å². The summed E-state index contributed by atoms with van der Waals surface area (Å²) >= 11 is 0. The first-order valence-corrected chi connectivity index (χ1v) is 13.3. The SMILES string of the molecule is CCCC1CCC(c2ccc3c(c2F)OC(=O)C(c2ccc(-c4ccc(CC)cc4)cc2)C3)CC1. The molecule has 0 bridgehead atoms. The summed E-state index contributed by atoms with van der Waals surface area (Å²) in [6.45, 7) is 4.38. The number of ether oxygens (including phenoxy) is 1.